The predicted molar refractivity (Wildman–Crippen MR) is 91.8 cm³/mol. The summed E-state index contributed by atoms with van der Waals surface area (Å²) < 4.78 is 7.51. The number of nitrogens with zero attached hydrogens (tertiary/aromatic N) is 4. The van der Waals surface area contributed by atoms with Crippen molar-refractivity contribution in [2.45, 2.75) is 25.5 Å². The van der Waals surface area contributed by atoms with Crippen LogP contribution < -0.4 is 10.2 Å². The molecule has 0 unspecified atom stereocenters. The minimum absolute atomic E-state index is 0.0260. The lowest BCUT2D eigenvalue weighted by atomic mass is 10.2. The van der Waals surface area contributed by atoms with Crippen molar-refractivity contribution in [3.63, 3.8) is 0 Å². The molecule has 7 nitrogen and oxygen atoms in total. The molecule has 1 saturated heterocycles. The van der Waals surface area contributed by atoms with Crippen molar-refractivity contribution in [1.29, 1.82) is 0 Å². The van der Waals surface area contributed by atoms with E-state index < -0.39 is 0 Å². The number of rotatable bonds is 8. The molecular weight excluding hydrogens is 314 g/mol. The number of morpholine rings is 1. The van der Waals surface area contributed by atoms with Crippen LogP contribution in [0, 0.1) is 5.92 Å². The van der Waals surface area contributed by atoms with Crippen LogP contribution in [0.2, 0.25) is 0 Å². The van der Waals surface area contributed by atoms with Crippen LogP contribution in [0.15, 0.2) is 17.8 Å². The molecule has 2 heterocycles. The van der Waals surface area contributed by atoms with Gasteiger partial charge in [-0.25, -0.2) is 0 Å². The largest absolute Gasteiger partial charge is 0.378 e. The Hall–Kier alpha value is -1.54. The Labute approximate surface area is 141 Å². The normalized spacial score (nSPS) is 15.0. The molecule has 1 aliphatic rings. The molecule has 0 spiro atoms. The van der Waals surface area contributed by atoms with E-state index in [1.54, 1.807) is 6.08 Å². The summed E-state index contributed by atoms with van der Waals surface area (Å²) in [6.45, 7) is 12.3. The molecule has 0 atom stereocenters. The first-order chi connectivity index (χ1) is 11.1. The number of ether oxygens (including phenoxy) is 1. The smallest absolute Gasteiger partial charge is 0.230 e. The highest BCUT2D eigenvalue weighted by molar-refractivity contribution is 7.99. The maximum atomic E-state index is 11.8. The van der Waals surface area contributed by atoms with Gasteiger partial charge in [0.2, 0.25) is 11.9 Å². The predicted octanol–water partition coefficient (Wildman–Crippen LogP) is 1.16. The molecule has 1 amide bonds. The highest BCUT2D eigenvalue weighted by Gasteiger charge is 2.21. The quantitative estimate of drug-likeness (QED) is 0.566. The van der Waals surface area contributed by atoms with Gasteiger partial charge in [0.1, 0.15) is 0 Å². The van der Waals surface area contributed by atoms with Crippen LogP contribution in [-0.4, -0.2) is 59.3 Å². The molecule has 0 radical (unpaired) electrons. The van der Waals surface area contributed by atoms with Crippen LogP contribution in [-0.2, 0) is 16.1 Å². The highest BCUT2D eigenvalue weighted by Crippen LogP contribution is 2.24. The summed E-state index contributed by atoms with van der Waals surface area (Å²) in [5.41, 5.74) is 0. The van der Waals surface area contributed by atoms with Gasteiger partial charge in [0.25, 0.3) is 0 Å². The monoisotopic (exact) mass is 339 g/mol. The number of aromatic nitrogens is 3. The van der Waals surface area contributed by atoms with Gasteiger partial charge >= 0.3 is 0 Å². The Kier molecular flexibility index (Phi) is 6.91. The van der Waals surface area contributed by atoms with E-state index in [9.17, 15) is 4.79 Å². The highest BCUT2D eigenvalue weighted by atomic mass is 32.2. The Morgan fingerprint density at radius 3 is 2.83 bits per heavy atom. The first-order valence-corrected chi connectivity index (χ1v) is 8.86. The zero-order valence-corrected chi connectivity index (χ0v) is 14.6. The minimum atomic E-state index is -0.0260. The van der Waals surface area contributed by atoms with Gasteiger partial charge in [-0.2, -0.15) is 0 Å². The molecule has 23 heavy (non-hydrogen) atoms. The fourth-order valence-electron chi connectivity index (χ4n) is 2.28. The van der Waals surface area contributed by atoms with Crippen molar-refractivity contribution >= 4 is 23.6 Å². The Balaban J connectivity index is 2.07. The molecule has 8 heteroatoms. The van der Waals surface area contributed by atoms with Crippen LogP contribution >= 0.6 is 11.8 Å². The van der Waals surface area contributed by atoms with E-state index in [-0.39, 0.29) is 5.91 Å². The van der Waals surface area contributed by atoms with E-state index in [1.807, 2.05) is 0 Å². The summed E-state index contributed by atoms with van der Waals surface area (Å²) >= 11 is 1.42. The lowest BCUT2D eigenvalue weighted by Crippen LogP contribution is -2.38. The second-order valence-corrected chi connectivity index (χ2v) is 6.71. The number of nitrogens with one attached hydrogen (secondary N) is 1. The standard InChI is InChI=1S/C15H25N5O2S/c1-4-5-16-13(21)11-23-15-18-17-14(20(15)10-12(2)3)19-6-8-22-9-7-19/h4,12H,1,5-11H2,2-3H3,(H,16,21). The molecule has 1 aromatic rings. The van der Waals surface area contributed by atoms with Crippen LogP contribution in [0.5, 0.6) is 0 Å². The lowest BCUT2D eigenvalue weighted by Gasteiger charge is -2.28. The van der Waals surface area contributed by atoms with Crippen molar-refractivity contribution in [1.82, 2.24) is 20.1 Å². The number of hydrogen-bond donors (Lipinski definition) is 1. The number of hydrogen-bond acceptors (Lipinski definition) is 6. The molecule has 1 aromatic heterocycles. The fourth-order valence-corrected chi connectivity index (χ4v) is 3.05. The van der Waals surface area contributed by atoms with Crippen LogP contribution in [0.25, 0.3) is 0 Å². The third-order valence-electron chi connectivity index (χ3n) is 3.31. The van der Waals surface area contributed by atoms with Gasteiger partial charge in [0, 0.05) is 26.2 Å². The van der Waals surface area contributed by atoms with Gasteiger partial charge in [0.05, 0.1) is 19.0 Å². The second kappa shape index (κ2) is 8.93. The molecule has 0 aliphatic carbocycles. The van der Waals surface area contributed by atoms with Gasteiger partial charge < -0.3 is 15.0 Å². The minimum Gasteiger partial charge on any atom is -0.378 e. The summed E-state index contributed by atoms with van der Waals surface area (Å²) in [5.74, 6) is 1.64. The number of carbonyl (C=O) groups is 1. The Morgan fingerprint density at radius 2 is 2.17 bits per heavy atom. The van der Waals surface area contributed by atoms with Crippen LogP contribution in [0.1, 0.15) is 13.8 Å². The van der Waals surface area contributed by atoms with Crippen molar-refractivity contribution in [3.8, 4) is 0 Å². The molecule has 1 N–H and O–H groups in total. The molecular formula is C15H25N5O2S. The third kappa shape index (κ3) is 5.24. The summed E-state index contributed by atoms with van der Waals surface area (Å²) in [7, 11) is 0. The van der Waals surface area contributed by atoms with Gasteiger partial charge in [-0.3, -0.25) is 9.36 Å². The molecule has 0 aromatic carbocycles. The third-order valence-corrected chi connectivity index (χ3v) is 4.28. The zero-order chi connectivity index (χ0) is 16.7. The topological polar surface area (TPSA) is 72.3 Å². The summed E-state index contributed by atoms with van der Waals surface area (Å²) in [6, 6.07) is 0. The average Bonchev–Trinajstić information content (AvgIpc) is 2.93. The first-order valence-electron chi connectivity index (χ1n) is 7.88. The van der Waals surface area contributed by atoms with E-state index >= 15 is 0 Å². The van der Waals surface area contributed by atoms with E-state index in [2.05, 4.69) is 45.4 Å². The van der Waals surface area contributed by atoms with E-state index in [0.717, 1.165) is 30.7 Å². The second-order valence-electron chi connectivity index (χ2n) is 5.77. The molecule has 2 rings (SSSR count). The van der Waals surface area contributed by atoms with Crippen molar-refractivity contribution in [3.05, 3.63) is 12.7 Å². The summed E-state index contributed by atoms with van der Waals surface area (Å²) in [6.07, 6.45) is 1.67. The number of amides is 1. The first kappa shape index (κ1) is 17.8. The molecule has 1 aliphatic heterocycles. The van der Waals surface area contributed by atoms with Gasteiger partial charge in [-0.1, -0.05) is 31.7 Å². The maximum absolute atomic E-state index is 11.8. The molecule has 128 valence electrons. The SMILES string of the molecule is C=CCNC(=O)CSc1nnc(N2CCOCC2)n1CC(C)C. The van der Waals surface area contributed by atoms with Crippen molar-refractivity contribution < 1.29 is 9.53 Å². The Bertz CT molecular complexity index is 526. The fraction of sp³-hybridized carbons (Fsp3) is 0.667. The maximum Gasteiger partial charge on any atom is 0.230 e. The number of anilines is 1. The van der Waals surface area contributed by atoms with E-state index in [1.165, 1.54) is 11.8 Å². The summed E-state index contributed by atoms with van der Waals surface area (Å²) in [5, 5.41) is 12.2. The number of carbonyl (C=O) groups excluding carboxylic acids is 1. The number of thioether (sulfide) groups is 1. The summed E-state index contributed by atoms with van der Waals surface area (Å²) in [4.78, 5) is 13.9. The lowest BCUT2D eigenvalue weighted by molar-refractivity contribution is -0.118. The molecule has 1 fully saturated rings. The van der Waals surface area contributed by atoms with Crippen molar-refractivity contribution in [2.75, 3.05) is 43.5 Å². The molecule has 0 bridgehead atoms. The molecule has 0 saturated carbocycles. The van der Waals surface area contributed by atoms with Crippen molar-refractivity contribution in [2.24, 2.45) is 5.92 Å². The van der Waals surface area contributed by atoms with E-state index in [4.69, 9.17) is 4.74 Å². The Morgan fingerprint density at radius 1 is 1.43 bits per heavy atom. The average molecular weight is 339 g/mol. The van der Waals surface area contributed by atoms with Crippen LogP contribution in [0.3, 0.4) is 0 Å². The van der Waals surface area contributed by atoms with Gasteiger partial charge in [-0.05, 0) is 5.92 Å². The van der Waals surface area contributed by atoms with Gasteiger partial charge in [-0.15, -0.1) is 16.8 Å². The van der Waals surface area contributed by atoms with E-state index in [0.29, 0.717) is 31.4 Å². The van der Waals surface area contributed by atoms with Gasteiger partial charge in [0.15, 0.2) is 5.16 Å². The van der Waals surface area contributed by atoms with Crippen LogP contribution in [0.4, 0.5) is 5.95 Å². The zero-order valence-electron chi connectivity index (χ0n) is 13.8.